The van der Waals surface area contributed by atoms with E-state index in [1.54, 1.807) is 11.8 Å². The van der Waals surface area contributed by atoms with Gasteiger partial charge in [-0.2, -0.15) is 0 Å². The standard InChI is InChI=1S/C20H30O/c1-16(7-5-9-18-12-14-21-15-18)10-11-19-17(2)8-6-13-20(19,3)4/h7,11-12,14-15,17H,5-6,8-10,13H2,1-4H3/b16-7+,19-11-/t17-/m1/s1. The minimum Gasteiger partial charge on any atom is -0.472 e. The molecule has 1 heteroatoms. The Morgan fingerprint density at radius 3 is 2.90 bits per heavy atom. The molecule has 1 aromatic heterocycles. The molecule has 1 saturated carbocycles. The molecular formula is C20H30O. The zero-order valence-corrected chi connectivity index (χ0v) is 14.1. The zero-order valence-electron chi connectivity index (χ0n) is 14.1. The Morgan fingerprint density at radius 1 is 1.43 bits per heavy atom. The van der Waals surface area contributed by atoms with E-state index < -0.39 is 0 Å². The Morgan fingerprint density at radius 2 is 2.24 bits per heavy atom. The van der Waals surface area contributed by atoms with E-state index in [0.29, 0.717) is 5.41 Å². The Labute approximate surface area is 130 Å². The van der Waals surface area contributed by atoms with Crippen molar-refractivity contribution >= 4 is 0 Å². The number of furan rings is 1. The van der Waals surface area contributed by atoms with Crippen molar-refractivity contribution in [3.05, 3.63) is 47.5 Å². The van der Waals surface area contributed by atoms with Crippen molar-refractivity contribution in [2.24, 2.45) is 11.3 Å². The number of hydrogen-bond donors (Lipinski definition) is 0. The molecule has 1 heterocycles. The van der Waals surface area contributed by atoms with Crippen LogP contribution in [0.4, 0.5) is 0 Å². The number of hydrogen-bond acceptors (Lipinski definition) is 1. The van der Waals surface area contributed by atoms with Crippen LogP contribution in [0.2, 0.25) is 0 Å². The number of allylic oxidation sites excluding steroid dienone is 4. The third-order valence-electron chi connectivity index (χ3n) is 4.90. The lowest BCUT2D eigenvalue weighted by Crippen LogP contribution is -2.24. The molecule has 1 fully saturated rings. The molecule has 0 saturated heterocycles. The Kier molecular flexibility index (Phi) is 5.50. The molecule has 1 aromatic rings. The SMILES string of the molecule is C/C(=C\CCc1ccoc1)C/C=C1/[C@H](C)CCCC1(C)C. The molecule has 1 nitrogen and oxygen atoms in total. The third kappa shape index (κ3) is 4.62. The summed E-state index contributed by atoms with van der Waals surface area (Å²) in [5.74, 6) is 0.757. The summed E-state index contributed by atoms with van der Waals surface area (Å²) in [6.07, 6.45) is 15.8. The van der Waals surface area contributed by atoms with Crippen LogP contribution in [0.1, 0.15) is 65.4 Å². The van der Waals surface area contributed by atoms with Crippen molar-refractivity contribution in [3.63, 3.8) is 0 Å². The summed E-state index contributed by atoms with van der Waals surface area (Å²) in [6.45, 7) is 9.47. The summed E-state index contributed by atoms with van der Waals surface area (Å²) in [7, 11) is 0. The summed E-state index contributed by atoms with van der Waals surface area (Å²) in [4.78, 5) is 0. The normalized spacial score (nSPS) is 24.5. The van der Waals surface area contributed by atoms with Crippen LogP contribution in [0.15, 0.2) is 46.3 Å². The molecule has 0 N–H and O–H groups in total. The summed E-state index contributed by atoms with van der Waals surface area (Å²) < 4.78 is 5.10. The van der Waals surface area contributed by atoms with Crippen LogP contribution in [-0.2, 0) is 6.42 Å². The molecule has 0 bridgehead atoms. The van der Waals surface area contributed by atoms with E-state index in [1.807, 2.05) is 6.26 Å². The first-order valence-electron chi connectivity index (χ1n) is 8.36. The minimum atomic E-state index is 0.398. The number of aryl methyl sites for hydroxylation is 1. The van der Waals surface area contributed by atoms with Gasteiger partial charge in [0.05, 0.1) is 12.5 Å². The maximum absolute atomic E-state index is 5.10. The topological polar surface area (TPSA) is 13.1 Å². The maximum atomic E-state index is 5.10. The van der Waals surface area contributed by atoms with E-state index in [9.17, 15) is 0 Å². The van der Waals surface area contributed by atoms with Gasteiger partial charge in [0, 0.05) is 0 Å². The van der Waals surface area contributed by atoms with Gasteiger partial charge in [-0.1, -0.05) is 50.5 Å². The first kappa shape index (κ1) is 16.1. The van der Waals surface area contributed by atoms with Crippen molar-refractivity contribution in [2.45, 2.75) is 66.2 Å². The van der Waals surface area contributed by atoms with Crippen LogP contribution in [-0.4, -0.2) is 0 Å². The fraction of sp³-hybridized carbons (Fsp3) is 0.600. The molecule has 21 heavy (non-hydrogen) atoms. The molecule has 0 aromatic carbocycles. The molecule has 116 valence electrons. The molecule has 0 amide bonds. The van der Waals surface area contributed by atoms with Crippen LogP contribution in [0, 0.1) is 11.3 Å². The van der Waals surface area contributed by atoms with E-state index in [-0.39, 0.29) is 0 Å². The van der Waals surface area contributed by atoms with Gasteiger partial charge in [-0.15, -0.1) is 0 Å². The Hall–Kier alpha value is -1.24. The average Bonchev–Trinajstić information content (AvgIpc) is 2.90. The molecular weight excluding hydrogens is 256 g/mol. The van der Waals surface area contributed by atoms with Gasteiger partial charge < -0.3 is 4.42 Å². The van der Waals surface area contributed by atoms with Crippen molar-refractivity contribution < 1.29 is 4.42 Å². The Balaban J connectivity index is 1.89. The quantitative estimate of drug-likeness (QED) is 0.577. The third-order valence-corrected chi connectivity index (χ3v) is 4.90. The van der Waals surface area contributed by atoms with Crippen LogP contribution in [0.25, 0.3) is 0 Å². The van der Waals surface area contributed by atoms with Crippen LogP contribution in [0.5, 0.6) is 0 Å². The van der Waals surface area contributed by atoms with Crippen LogP contribution >= 0.6 is 0 Å². The molecule has 0 aliphatic heterocycles. The lowest BCUT2D eigenvalue weighted by Gasteiger charge is -2.37. The predicted molar refractivity (Wildman–Crippen MR) is 90.3 cm³/mol. The minimum absolute atomic E-state index is 0.398. The van der Waals surface area contributed by atoms with Gasteiger partial charge in [0.25, 0.3) is 0 Å². The molecule has 1 aliphatic carbocycles. The van der Waals surface area contributed by atoms with Gasteiger partial charge in [0.1, 0.15) is 0 Å². The highest BCUT2D eigenvalue weighted by atomic mass is 16.3. The molecule has 0 radical (unpaired) electrons. The van der Waals surface area contributed by atoms with Gasteiger partial charge >= 0.3 is 0 Å². The van der Waals surface area contributed by atoms with Crippen molar-refractivity contribution in [3.8, 4) is 0 Å². The molecule has 1 atom stereocenters. The smallest absolute Gasteiger partial charge is 0.0934 e. The van der Waals surface area contributed by atoms with Gasteiger partial charge in [0.15, 0.2) is 0 Å². The largest absolute Gasteiger partial charge is 0.472 e. The van der Waals surface area contributed by atoms with Crippen LogP contribution < -0.4 is 0 Å². The molecule has 2 rings (SSSR count). The van der Waals surface area contributed by atoms with Crippen molar-refractivity contribution in [2.75, 3.05) is 0 Å². The second-order valence-corrected chi connectivity index (χ2v) is 7.26. The van der Waals surface area contributed by atoms with Crippen molar-refractivity contribution in [1.29, 1.82) is 0 Å². The average molecular weight is 286 g/mol. The highest BCUT2D eigenvalue weighted by Crippen LogP contribution is 2.43. The summed E-state index contributed by atoms with van der Waals surface area (Å²) in [6, 6.07) is 2.05. The second-order valence-electron chi connectivity index (χ2n) is 7.26. The maximum Gasteiger partial charge on any atom is 0.0934 e. The second kappa shape index (κ2) is 7.15. The zero-order chi connectivity index (χ0) is 15.3. The van der Waals surface area contributed by atoms with Crippen LogP contribution in [0.3, 0.4) is 0 Å². The van der Waals surface area contributed by atoms with Gasteiger partial charge in [0.2, 0.25) is 0 Å². The summed E-state index contributed by atoms with van der Waals surface area (Å²) >= 11 is 0. The molecule has 1 aliphatic rings. The molecule has 0 spiro atoms. The predicted octanol–water partition coefficient (Wildman–Crippen LogP) is 6.32. The van der Waals surface area contributed by atoms with E-state index in [0.717, 1.165) is 25.2 Å². The fourth-order valence-electron chi connectivity index (χ4n) is 3.57. The van der Waals surface area contributed by atoms with E-state index in [4.69, 9.17) is 4.42 Å². The van der Waals surface area contributed by atoms with Gasteiger partial charge in [-0.05, 0) is 62.0 Å². The first-order chi connectivity index (χ1) is 9.99. The van der Waals surface area contributed by atoms with E-state index in [2.05, 4.69) is 45.9 Å². The highest BCUT2D eigenvalue weighted by molar-refractivity contribution is 5.20. The van der Waals surface area contributed by atoms with Gasteiger partial charge in [-0.25, -0.2) is 0 Å². The highest BCUT2D eigenvalue weighted by Gasteiger charge is 2.30. The first-order valence-corrected chi connectivity index (χ1v) is 8.36. The lowest BCUT2D eigenvalue weighted by atomic mass is 9.68. The van der Waals surface area contributed by atoms with E-state index in [1.165, 1.54) is 30.4 Å². The van der Waals surface area contributed by atoms with Crippen molar-refractivity contribution in [1.82, 2.24) is 0 Å². The number of rotatable bonds is 5. The van der Waals surface area contributed by atoms with E-state index >= 15 is 0 Å². The molecule has 0 unspecified atom stereocenters. The lowest BCUT2D eigenvalue weighted by molar-refractivity contribution is 0.288. The summed E-state index contributed by atoms with van der Waals surface area (Å²) in [5.41, 5.74) is 4.85. The fourth-order valence-corrected chi connectivity index (χ4v) is 3.57. The summed E-state index contributed by atoms with van der Waals surface area (Å²) in [5, 5.41) is 0. The monoisotopic (exact) mass is 286 g/mol. The van der Waals surface area contributed by atoms with Gasteiger partial charge in [-0.3, -0.25) is 0 Å². The Bertz CT molecular complexity index is 488.